The fraction of sp³-hybridized carbons (Fsp3) is 0.300. The van der Waals surface area contributed by atoms with Crippen molar-refractivity contribution in [1.29, 1.82) is 0 Å². The molecule has 0 aromatic heterocycles. The normalized spacial score (nSPS) is 20.2. The Hall–Kier alpha value is -2.62. The maximum absolute atomic E-state index is 12.3. The number of aryl methyl sites for hydroxylation is 1. The van der Waals surface area contributed by atoms with Gasteiger partial charge in [-0.15, -0.1) is 0 Å². The summed E-state index contributed by atoms with van der Waals surface area (Å²) in [6.07, 6.45) is 1.10. The first-order valence-electron chi connectivity index (χ1n) is 8.23. The highest BCUT2D eigenvalue weighted by Crippen LogP contribution is 2.49. The third kappa shape index (κ3) is 3.48. The van der Waals surface area contributed by atoms with Crippen molar-refractivity contribution in [1.82, 2.24) is 5.32 Å². The summed E-state index contributed by atoms with van der Waals surface area (Å²) < 4.78 is 0. The number of primary amides is 1. The molecule has 0 bridgehead atoms. The molecule has 0 radical (unpaired) electrons. The van der Waals surface area contributed by atoms with Gasteiger partial charge in [-0.05, 0) is 61.9 Å². The van der Waals surface area contributed by atoms with E-state index >= 15 is 0 Å². The van der Waals surface area contributed by atoms with E-state index < -0.39 is 5.91 Å². The number of nitrogens with two attached hydrogens (primary N) is 1. The molecule has 3 N–H and O–H groups in total. The predicted octanol–water partition coefficient (Wildman–Crippen LogP) is 3.02. The molecule has 4 nitrogen and oxygen atoms in total. The van der Waals surface area contributed by atoms with Crippen LogP contribution in [-0.2, 0) is 0 Å². The molecule has 1 aliphatic carbocycles. The Balaban J connectivity index is 1.60. The van der Waals surface area contributed by atoms with Crippen molar-refractivity contribution in [3.8, 4) is 0 Å². The molecule has 2 aromatic rings. The second-order valence-corrected chi connectivity index (χ2v) is 6.62. The molecule has 124 valence electrons. The summed E-state index contributed by atoms with van der Waals surface area (Å²) in [6.45, 7) is 4.15. The maximum Gasteiger partial charge on any atom is 0.251 e. The Morgan fingerprint density at radius 1 is 1.12 bits per heavy atom. The van der Waals surface area contributed by atoms with Crippen molar-refractivity contribution in [3.05, 3.63) is 70.8 Å². The highest BCUT2D eigenvalue weighted by molar-refractivity contribution is 5.97. The molecule has 2 amide bonds. The minimum absolute atomic E-state index is 0.110. The molecule has 24 heavy (non-hydrogen) atoms. The number of carbonyl (C=O) groups excluding carboxylic acids is 2. The van der Waals surface area contributed by atoms with E-state index in [2.05, 4.69) is 43.4 Å². The summed E-state index contributed by atoms with van der Waals surface area (Å²) >= 11 is 0. The van der Waals surface area contributed by atoms with Crippen molar-refractivity contribution in [2.75, 3.05) is 0 Å². The van der Waals surface area contributed by atoms with Gasteiger partial charge in [-0.1, -0.05) is 29.8 Å². The van der Waals surface area contributed by atoms with E-state index in [9.17, 15) is 9.59 Å². The second-order valence-electron chi connectivity index (χ2n) is 6.62. The van der Waals surface area contributed by atoms with Gasteiger partial charge in [-0.3, -0.25) is 9.59 Å². The van der Waals surface area contributed by atoms with Gasteiger partial charge in [0.1, 0.15) is 0 Å². The zero-order chi connectivity index (χ0) is 17.3. The first kappa shape index (κ1) is 16.2. The van der Waals surface area contributed by atoms with Gasteiger partial charge in [0, 0.05) is 17.2 Å². The van der Waals surface area contributed by atoms with Crippen molar-refractivity contribution in [2.45, 2.75) is 32.2 Å². The van der Waals surface area contributed by atoms with E-state index in [0.717, 1.165) is 6.42 Å². The van der Waals surface area contributed by atoms with E-state index in [0.29, 0.717) is 23.0 Å². The Morgan fingerprint density at radius 2 is 1.79 bits per heavy atom. The van der Waals surface area contributed by atoms with Crippen LogP contribution in [0.3, 0.4) is 0 Å². The highest BCUT2D eigenvalue weighted by Gasteiger charge is 2.42. The number of hydrogen-bond acceptors (Lipinski definition) is 2. The summed E-state index contributed by atoms with van der Waals surface area (Å²) in [5, 5.41) is 3.07. The first-order chi connectivity index (χ1) is 11.5. The zero-order valence-corrected chi connectivity index (χ0v) is 14.0. The van der Waals surface area contributed by atoms with Crippen LogP contribution < -0.4 is 11.1 Å². The van der Waals surface area contributed by atoms with Crippen LogP contribution >= 0.6 is 0 Å². The molecule has 1 aliphatic rings. The number of rotatable bonds is 5. The van der Waals surface area contributed by atoms with Gasteiger partial charge in [-0.25, -0.2) is 0 Å². The molecule has 0 aliphatic heterocycles. The summed E-state index contributed by atoms with van der Waals surface area (Å²) in [5.41, 5.74) is 8.78. The fourth-order valence-electron chi connectivity index (χ4n) is 3.23. The van der Waals surface area contributed by atoms with Gasteiger partial charge >= 0.3 is 0 Å². The monoisotopic (exact) mass is 322 g/mol. The Bertz CT molecular complexity index is 767. The lowest BCUT2D eigenvalue weighted by molar-refractivity contribution is 0.0933. The minimum Gasteiger partial charge on any atom is -0.366 e. The minimum atomic E-state index is -0.491. The van der Waals surface area contributed by atoms with Gasteiger partial charge in [-0.2, -0.15) is 0 Å². The lowest BCUT2D eigenvalue weighted by Crippen LogP contribution is -2.34. The Kier molecular flexibility index (Phi) is 4.38. The topological polar surface area (TPSA) is 72.2 Å². The van der Waals surface area contributed by atoms with Gasteiger partial charge < -0.3 is 11.1 Å². The molecule has 3 atom stereocenters. The SMILES string of the molecule is Cc1cccc([C@@H]2C[C@@H]2[C@H](C)NC(=O)c2ccc(C(N)=O)cc2)c1. The molecule has 0 saturated heterocycles. The molecule has 0 heterocycles. The molecule has 2 aromatic carbocycles. The maximum atomic E-state index is 12.3. The van der Waals surface area contributed by atoms with Crippen LogP contribution in [0.15, 0.2) is 48.5 Å². The van der Waals surface area contributed by atoms with Crippen LogP contribution in [-0.4, -0.2) is 17.9 Å². The van der Waals surface area contributed by atoms with E-state index in [1.807, 2.05) is 0 Å². The van der Waals surface area contributed by atoms with Crippen LogP contribution in [0.5, 0.6) is 0 Å². The largest absolute Gasteiger partial charge is 0.366 e. The third-order valence-electron chi connectivity index (χ3n) is 4.74. The summed E-state index contributed by atoms with van der Waals surface area (Å²) in [7, 11) is 0. The number of nitrogens with one attached hydrogen (secondary N) is 1. The van der Waals surface area contributed by atoms with Crippen molar-refractivity contribution in [3.63, 3.8) is 0 Å². The standard InChI is InChI=1S/C20H22N2O2/c1-12-4-3-5-16(10-12)18-11-17(18)13(2)22-20(24)15-8-6-14(7-9-15)19(21)23/h3-10,13,17-18H,11H2,1-2H3,(H2,21,23)(H,22,24)/t13-,17+,18-/m0/s1. The Morgan fingerprint density at radius 3 is 2.42 bits per heavy atom. The van der Waals surface area contributed by atoms with Crippen LogP contribution in [0.4, 0.5) is 0 Å². The smallest absolute Gasteiger partial charge is 0.251 e. The van der Waals surface area contributed by atoms with Gasteiger partial charge in [0.2, 0.25) is 5.91 Å². The fourth-order valence-corrected chi connectivity index (χ4v) is 3.23. The summed E-state index contributed by atoms with van der Waals surface area (Å²) in [4.78, 5) is 23.4. The Labute approximate surface area is 142 Å². The van der Waals surface area contributed by atoms with Crippen LogP contribution in [0.1, 0.15) is 51.1 Å². The third-order valence-corrected chi connectivity index (χ3v) is 4.74. The number of hydrogen-bond donors (Lipinski definition) is 2. The van der Waals surface area contributed by atoms with E-state index in [-0.39, 0.29) is 11.9 Å². The van der Waals surface area contributed by atoms with Crippen LogP contribution in [0.2, 0.25) is 0 Å². The molecule has 1 saturated carbocycles. The average Bonchev–Trinajstić information content (AvgIpc) is 3.35. The highest BCUT2D eigenvalue weighted by atomic mass is 16.2. The second kappa shape index (κ2) is 6.48. The molecule has 3 rings (SSSR count). The molecular weight excluding hydrogens is 300 g/mol. The lowest BCUT2D eigenvalue weighted by atomic mass is 10.0. The number of amides is 2. The van der Waals surface area contributed by atoms with E-state index in [1.54, 1.807) is 24.3 Å². The predicted molar refractivity (Wildman–Crippen MR) is 93.9 cm³/mol. The molecular formula is C20H22N2O2. The molecule has 0 unspecified atom stereocenters. The average molecular weight is 322 g/mol. The van der Waals surface area contributed by atoms with Gasteiger partial charge in [0.25, 0.3) is 5.91 Å². The summed E-state index contributed by atoms with van der Waals surface area (Å²) in [6, 6.07) is 15.1. The number of carbonyl (C=O) groups is 2. The van der Waals surface area contributed by atoms with Crippen molar-refractivity contribution in [2.24, 2.45) is 11.7 Å². The number of benzene rings is 2. The molecule has 4 heteroatoms. The van der Waals surface area contributed by atoms with E-state index in [4.69, 9.17) is 5.73 Å². The first-order valence-corrected chi connectivity index (χ1v) is 8.23. The van der Waals surface area contributed by atoms with Crippen molar-refractivity contribution < 1.29 is 9.59 Å². The van der Waals surface area contributed by atoms with E-state index in [1.165, 1.54) is 11.1 Å². The quantitative estimate of drug-likeness (QED) is 0.888. The van der Waals surface area contributed by atoms with Crippen LogP contribution in [0.25, 0.3) is 0 Å². The van der Waals surface area contributed by atoms with Gasteiger partial charge in [0.05, 0.1) is 0 Å². The zero-order valence-electron chi connectivity index (χ0n) is 14.0. The van der Waals surface area contributed by atoms with Crippen LogP contribution in [0, 0.1) is 12.8 Å². The molecule has 0 spiro atoms. The lowest BCUT2D eigenvalue weighted by Gasteiger charge is -2.14. The van der Waals surface area contributed by atoms with Gasteiger partial charge in [0.15, 0.2) is 0 Å². The summed E-state index contributed by atoms with van der Waals surface area (Å²) in [5.74, 6) is 0.390. The molecule has 1 fully saturated rings. The van der Waals surface area contributed by atoms with Crippen molar-refractivity contribution >= 4 is 11.8 Å².